The SMILES string of the molecule is Cc1cc(C)n(CCC(=O)N[C@H](CC(N)=O)C(=O)O)n1. The van der Waals surface area contributed by atoms with Crippen molar-refractivity contribution in [3.63, 3.8) is 0 Å². The van der Waals surface area contributed by atoms with Gasteiger partial charge in [-0.2, -0.15) is 5.10 Å². The van der Waals surface area contributed by atoms with Crippen LogP contribution in [0.2, 0.25) is 0 Å². The Balaban J connectivity index is 2.52. The van der Waals surface area contributed by atoms with Crippen molar-refractivity contribution < 1.29 is 19.5 Å². The van der Waals surface area contributed by atoms with Gasteiger partial charge in [0.2, 0.25) is 11.8 Å². The van der Waals surface area contributed by atoms with Crippen LogP contribution in [0.15, 0.2) is 6.07 Å². The van der Waals surface area contributed by atoms with Gasteiger partial charge in [0, 0.05) is 18.7 Å². The first kappa shape index (κ1) is 15.7. The zero-order valence-electron chi connectivity index (χ0n) is 11.4. The Morgan fingerprint density at radius 1 is 1.45 bits per heavy atom. The summed E-state index contributed by atoms with van der Waals surface area (Å²) in [5, 5.41) is 15.3. The number of hydrogen-bond acceptors (Lipinski definition) is 4. The first-order valence-electron chi connectivity index (χ1n) is 6.11. The minimum atomic E-state index is -1.29. The number of carbonyl (C=O) groups is 3. The fourth-order valence-electron chi connectivity index (χ4n) is 1.78. The molecule has 2 amide bonds. The number of amides is 2. The fourth-order valence-corrected chi connectivity index (χ4v) is 1.78. The molecule has 0 aromatic carbocycles. The number of carboxylic acids is 1. The molecule has 0 fully saturated rings. The van der Waals surface area contributed by atoms with Crippen LogP contribution in [0.3, 0.4) is 0 Å². The van der Waals surface area contributed by atoms with Gasteiger partial charge in [0.25, 0.3) is 0 Å². The highest BCUT2D eigenvalue weighted by Crippen LogP contribution is 2.03. The predicted octanol–water partition coefficient (Wildman–Crippen LogP) is -0.665. The second kappa shape index (κ2) is 6.69. The number of carboxylic acid groups (broad SMARTS) is 1. The van der Waals surface area contributed by atoms with Gasteiger partial charge in [-0.05, 0) is 19.9 Å². The third kappa shape index (κ3) is 4.71. The van der Waals surface area contributed by atoms with E-state index in [1.165, 1.54) is 0 Å². The van der Waals surface area contributed by atoms with E-state index in [1.54, 1.807) is 4.68 Å². The Morgan fingerprint density at radius 3 is 2.55 bits per heavy atom. The van der Waals surface area contributed by atoms with E-state index in [1.807, 2.05) is 19.9 Å². The molecule has 0 aliphatic rings. The molecule has 8 heteroatoms. The van der Waals surface area contributed by atoms with E-state index < -0.39 is 30.2 Å². The molecule has 0 saturated heterocycles. The summed E-state index contributed by atoms with van der Waals surface area (Å²) in [6.45, 7) is 4.05. The van der Waals surface area contributed by atoms with Crippen molar-refractivity contribution in [2.75, 3.05) is 0 Å². The van der Waals surface area contributed by atoms with E-state index in [-0.39, 0.29) is 6.42 Å². The van der Waals surface area contributed by atoms with Gasteiger partial charge in [-0.1, -0.05) is 0 Å². The van der Waals surface area contributed by atoms with Crippen molar-refractivity contribution in [1.29, 1.82) is 0 Å². The molecule has 1 rings (SSSR count). The Labute approximate surface area is 115 Å². The minimum absolute atomic E-state index is 0.0739. The molecule has 1 aromatic rings. The first-order chi connectivity index (χ1) is 9.29. The smallest absolute Gasteiger partial charge is 0.326 e. The number of aliphatic carboxylic acids is 1. The zero-order valence-corrected chi connectivity index (χ0v) is 11.4. The average Bonchev–Trinajstić information content (AvgIpc) is 2.63. The largest absolute Gasteiger partial charge is 0.480 e. The van der Waals surface area contributed by atoms with Crippen LogP contribution in [0.5, 0.6) is 0 Å². The molecule has 0 saturated carbocycles. The Morgan fingerprint density at radius 2 is 2.10 bits per heavy atom. The highest BCUT2D eigenvalue weighted by molar-refractivity contribution is 5.88. The lowest BCUT2D eigenvalue weighted by molar-refractivity contribution is -0.143. The van der Waals surface area contributed by atoms with Crippen molar-refractivity contribution >= 4 is 17.8 Å². The maximum atomic E-state index is 11.7. The monoisotopic (exact) mass is 282 g/mol. The lowest BCUT2D eigenvalue weighted by atomic mass is 10.2. The summed E-state index contributed by atoms with van der Waals surface area (Å²) in [6.07, 6.45) is -0.356. The number of nitrogens with zero attached hydrogens (tertiary/aromatic N) is 2. The number of nitrogens with two attached hydrogens (primary N) is 1. The van der Waals surface area contributed by atoms with E-state index in [9.17, 15) is 14.4 Å². The summed E-state index contributed by atoms with van der Waals surface area (Å²) in [4.78, 5) is 33.2. The maximum Gasteiger partial charge on any atom is 0.326 e. The summed E-state index contributed by atoms with van der Waals surface area (Å²) in [7, 11) is 0. The number of aryl methyl sites for hydroxylation is 3. The molecule has 0 unspecified atom stereocenters. The molecule has 0 bridgehead atoms. The molecule has 0 radical (unpaired) electrons. The van der Waals surface area contributed by atoms with E-state index in [0.717, 1.165) is 11.4 Å². The normalized spacial score (nSPS) is 11.9. The molecule has 110 valence electrons. The molecule has 1 heterocycles. The van der Waals surface area contributed by atoms with Crippen LogP contribution in [0.25, 0.3) is 0 Å². The lowest BCUT2D eigenvalue weighted by Gasteiger charge is -2.13. The Hall–Kier alpha value is -2.38. The van der Waals surface area contributed by atoms with Gasteiger partial charge in [0.15, 0.2) is 0 Å². The van der Waals surface area contributed by atoms with Crippen molar-refractivity contribution in [3.05, 3.63) is 17.5 Å². The van der Waals surface area contributed by atoms with Crippen molar-refractivity contribution in [2.45, 2.75) is 39.3 Å². The van der Waals surface area contributed by atoms with Crippen LogP contribution >= 0.6 is 0 Å². The van der Waals surface area contributed by atoms with Gasteiger partial charge in [0.05, 0.1) is 12.1 Å². The summed E-state index contributed by atoms with van der Waals surface area (Å²) < 4.78 is 1.67. The minimum Gasteiger partial charge on any atom is -0.480 e. The number of aromatic nitrogens is 2. The molecule has 4 N–H and O–H groups in total. The van der Waals surface area contributed by atoms with Crippen LogP contribution in [0.4, 0.5) is 0 Å². The van der Waals surface area contributed by atoms with Crippen molar-refractivity contribution in [2.24, 2.45) is 5.73 Å². The Kier molecular flexibility index (Phi) is 5.24. The quantitative estimate of drug-likeness (QED) is 0.611. The van der Waals surface area contributed by atoms with E-state index >= 15 is 0 Å². The van der Waals surface area contributed by atoms with E-state index in [0.29, 0.717) is 6.54 Å². The molecule has 1 aromatic heterocycles. The van der Waals surface area contributed by atoms with E-state index in [4.69, 9.17) is 10.8 Å². The summed E-state index contributed by atoms with van der Waals surface area (Å²) in [6, 6.07) is 0.589. The van der Waals surface area contributed by atoms with Crippen LogP contribution in [-0.4, -0.2) is 38.7 Å². The molecule has 0 aliphatic heterocycles. The van der Waals surface area contributed by atoms with Gasteiger partial charge >= 0.3 is 5.97 Å². The molecule has 8 nitrogen and oxygen atoms in total. The summed E-state index contributed by atoms with van der Waals surface area (Å²) >= 11 is 0. The van der Waals surface area contributed by atoms with Crippen molar-refractivity contribution in [1.82, 2.24) is 15.1 Å². The third-order valence-electron chi connectivity index (χ3n) is 2.69. The van der Waals surface area contributed by atoms with Gasteiger partial charge in [-0.15, -0.1) is 0 Å². The topological polar surface area (TPSA) is 127 Å². The van der Waals surface area contributed by atoms with Crippen LogP contribution in [0, 0.1) is 13.8 Å². The highest BCUT2D eigenvalue weighted by Gasteiger charge is 2.21. The van der Waals surface area contributed by atoms with E-state index in [2.05, 4.69) is 10.4 Å². The fraction of sp³-hybridized carbons (Fsp3) is 0.500. The summed E-state index contributed by atoms with van der Waals surface area (Å²) in [5.74, 6) is -2.54. The number of hydrogen-bond donors (Lipinski definition) is 3. The van der Waals surface area contributed by atoms with Gasteiger partial charge in [-0.25, -0.2) is 4.79 Å². The second-order valence-electron chi connectivity index (χ2n) is 4.53. The highest BCUT2D eigenvalue weighted by atomic mass is 16.4. The third-order valence-corrected chi connectivity index (χ3v) is 2.69. The summed E-state index contributed by atoms with van der Waals surface area (Å²) in [5.41, 5.74) is 6.69. The maximum absolute atomic E-state index is 11.7. The standard InChI is InChI=1S/C12H18N4O4/c1-7-5-8(2)16(15-7)4-3-11(18)14-9(12(19)20)6-10(13)17/h5,9H,3-4,6H2,1-2H3,(H2,13,17)(H,14,18)(H,19,20)/t9-/m1/s1. The van der Waals surface area contributed by atoms with Gasteiger partial charge < -0.3 is 16.2 Å². The molecule has 20 heavy (non-hydrogen) atoms. The van der Waals surface area contributed by atoms with Gasteiger partial charge in [0.1, 0.15) is 6.04 Å². The lowest BCUT2D eigenvalue weighted by Crippen LogP contribution is -2.43. The van der Waals surface area contributed by atoms with Crippen LogP contribution < -0.4 is 11.1 Å². The van der Waals surface area contributed by atoms with Crippen LogP contribution in [0.1, 0.15) is 24.2 Å². The zero-order chi connectivity index (χ0) is 15.3. The average molecular weight is 282 g/mol. The predicted molar refractivity (Wildman–Crippen MR) is 69.7 cm³/mol. The number of primary amides is 1. The number of rotatable bonds is 7. The number of carbonyl (C=O) groups excluding carboxylic acids is 2. The van der Waals surface area contributed by atoms with Crippen LogP contribution in [-0.2, 0) is 20.9 Å². The first-order valence-corrected chi connectivity index (χ1v) is 6.11. The number of nitrogens with one attached hydrogen (secondary N) is 1. The Bertz CT molecular complexity index is 524. The second-order valence-corrected chi connectivity index (χ2v) is 4.53. The molecular weight excluding hydrogens is 264 g/mol. The molecule has 0 aliphatic carbocycles. The molecule has 0 spiro atoms. The van der Waals surface area contributed by atoms with Gasteiger partial charge in [-0.3, -0.25) is 14.3 Å². The van der Waals surface area contributed by atoms with Crippen molar-refractivity contribution in [3.8, 4) is 0 Å². The molecular formula is C12H18N4O4. The molecule has 1 atom stereocenters.